The number of amides is 1. The van der Waals surface area contributed by atoms with Crippen molar-refractivity contribution in [3.8, 4) is 5.75 Å². The van der Waals surface area contributed by atoms with E-state index in [1.165, 1.54) is 11.3 Å². The molecule has 0 unspecified atom stereocenters. The van der Waals surface area contributed by atoms with Crippen LogP contribution in [-0.4, -0.2) is 35.4 Å². The van der Waals surface area contributed by atoms with Crippen LogP contribution in [0, 0.1) is 17.6 Å². The highest BCUT2D eigenvalue weighted by molar-refractivity contribution is 7.21. The molecular formula is C26H24ClF2NO5S. The zero-order valence-corrected chi connectivity index (χ0v) is 20.8. The third-order valence-corrected chi connectivity index (χ3v) is 7.92. The Kier molecular flexibility index (Phi) is 8.21. The summed E-state index contributed by atoms with van der Waals surface area (Å²) in [7, 11) is 0. The number of ketones is 1. The molecular weight excluding hydrogens is 512 g/mol. The van der Waals surface area contributed by atoms with E-state index in [2.05, 4.69) is 5.32 Å². The molecule has 0 spiro atoms. The molecule has 1 aromatic heterocycles. The second-order valence-corrected chi connectivity index (χ2v) is 10.1. The van der Waals surface area contributed by atoms with Crippen molar-refractivity contribution in [2.45, 2.75) is 44.6 Å². The Bertz CT molecular complexity index is 1300. The van der Waals surface area contributed by atoms with Gasteiger partial charge in [0.1, 0.15) is 10.7 Å². The van der Waals surface area contributed by atoms with Crippen LogP contribution in [0.1, 0.15) is 58.6 Å². The zero-order chi connectivity index (χ0) is 25.8. The fourth-order valence-electron chi connectivity index (χ4n) is 4.27. The number of Topliss-reactive ketones (excluding diaryl/α,β-unsaturated/α-hetero) is 1. The normalized spacial score (nSPS) is 17.6. The van der Waals surface area contributed by atoms with E-state index in [-0.39, 0.29) is 36.6 Å². The Balaban J connectivity index is 1.28. The summed E-state index contributed by atoms with van der Waals surface area (Å²) in [6, 6.07) is 9.08. The summed E-state index contributed by atoms with van der Waals surface area (Å²) in [6.45, 7) is 0.166. The van der Waals surface area contributed by atoms with Crippen LogP contribution in [0.5, 0.6) is 5.75 Å². The van der Waals surface area contributed by atoms with Gasteiger partial charge in [0.05, 0.1) is 22.6 Å². The number of aliphatic carboxylic acids is 1. The van der Waals surface area contributed by atoms with Gasteiger partial charge in [-0.1, -0.05) is 29.8 Å². The molecule has 1 aliphatic rings. The van der Waals surface area contributed by atoms with Crippen molar-refractivity contribution in [2.75, 3.05) is 6.54 Å². The molecule has 1 fully saturated rings. The van der Waals surface area contributed by atoms with Crippen LogP contribution >= 0.6 is 22.9 Å². The van der Waals surface area contributed by atoms with Gasteiger partial charge in [0, 0.05) is 29.1 Å². The molecule has 190 valence electrons. The lowest BCUT2D eigenvalue weighted by Gasteiger charge is -2.27. The molecule has 1 aliphatic carbocycles. The van der Waals surface area contributed by atoms with E-state index in [9.17, 15) is 23.2 Å². The molecule has 0 atom stereocenters. The number of carboxylic acid groups (broad SMARTS) is 1. The van der Waals surface area contributed by atoms with Crippen molar-refractivity contribution in [2.24, 2.45) is 5.92 Å². The number of carbonyl (C=O) groups is 3. The molecule has 4 rings (SSSR count). The molecule has 3 aromatic rings. The van der Waals surface area contributed by atoms with Gasteiger partial charge < -0.3 is 15.2 Å². The average Bonchev–Trinajstić information content (AvgIpc) is 3.20. The first kappa shape index (κ1) is 26.0. The molecule has 0 radical (unpaired) electrons. The smallest absolute Gasteiger partial charge is 0.306 e. The highest BCUT2D eigenvalue weighted by Gasteiger charge is 2.28. The Morgan fingerprint density at radius 2 is 1.81 bits per heavy atom. The van der Waals surface area contributed by atoms with E-state index in [1.54, 1.807) is 0 Å². The number of ether oxygens (including phenoxy) is 1. The fraction of sp³-hybridized carbons (Fsp3) is 0.346. The predicted octanol–water partition coefficient (Wildman–Crippen LogP) is 6.25. The van der Waals surface area contributed by atoms with E-state index in [0.29, 0.717) is 35.6 Å². The molecule has 0 aliphatic heterocycles. The van der Waals surface area contributed by atoms with Crippen molar-refractivity contribution >= 4 is 50.7 Å². The number of fused-ring (bicyclic) bond motifs is 1. The monoisotopic (exact) mass is 535 g/mol. The number of carbonyl (C=O) groups excluding carboxylic acids is 2. The Morgan fingerprint density at radius 1 is 1.08 bits per heavy atom. The molecule has 1 heterocycles. The van der Waals surface area contributed by atoms with Gasteiger partial charge in [0.2, 0.25) is 0 Å². The second kappa shape index (κ2) is 11.3. The molecule has 2 aromatic carbocycles. The van der Waals surface area contributed by atoms with E-state index in [1.807, 2.05) is 24.3 Å². The molecule has 6 nitrogen and oxygen atoms in total. The molecule has 10 heteroatoms. The van der Waals surface area contributed by atoms with Crippen molar-refractivity contribution in [3.63, 3.8) is 0 Å². The zero-order valence-electron chi connectivity index (χ0n) is 19.2. The number of benzene rings is 2. The quantitative estimate of drug-likeness (QED) is 0.250. The van der Waals surface area contributed by atoms with Gasteiger partial charge in [-0.25, -0.2) is 8.78 Å². The number of thiophene rings is 1. The molecule has 2 N–H and O–H groups in total. The lowest BCUT2D eigenvalue weighted by molar-refractivity contribution is -0.143. The predicted molar refractivity (Wildman–Crippen MR) is 133 cm³/mol. The van der Waals surface area contributed by atoms with E-state index in [0.717, 1.165) is 22.2 Å². The Labute approximate surface area is 215 Å². The van der Waals surface area contributed by atoms with Crippen molar-refractivity contribution in [1.82, 2.24) is 5.32 Å². The largest absolute Gasteiger partial charge is 0.487 e. The topological polar surface area (TPSA) is 92.7 Å². The minimum absolute atomic E-state index is 0.0871. The van der Waals surface area contributed by atoms with Crippen molar-refractivity contribution < 1.29 is 33.0 Å². The third-order valence-electron chi connectivity index (χ3n) is 6.25. The first-order valence-corrected chi connectivity index (χ1v) is 12.8. The molecule has 36 heavy (non-hydrogen) atoms. The summed E-state index contributed by atoms with van der Waals surface area (Å²) in [5.74, 6) is -4.30. The SMILES string of the molecule is O=C(CCCNC(=O)c1sc2ccccc2c1Cl)c1cc(F)c(OC2CCC(C(=O)O)CC2)cc1F. The molecule has 1 amide bonds. The summed E-state index contributed by atoms with van der Waals surface area (Å²) < 4.78 is 35.6. The lowest BCUT2D eigenvalue weighted by Crippen LogP contribution is -2.28. The van der Waals surface area contributed by atoms with Crippen molar-refractivity contribution in [1.29, 1.82) is 0 Å². The van der Waals surface area contributed by atoms with Gasteiger partial charge in [-0.2, -0.15) is 0 Å². The highest BCUT2D eigenvalue weighted by atomic mass is 35.5. The van der Waals surface area contributed by atoms with Gasteiger partial charge in [-0.15, -0.1) is 11.3 Å². The maximum Gasteiger partial charge on any atom is 0.306 e. The van der Waals surface area contributed by atoms with Gasteiger partial charge in [0.25, 0.3) is 5.91 Å². The Hall–Kier alpha value is -3.04. The van der Waals surface area contributed by atoms with Crippen molar-refractivity contribution in [3.05, 3.63) is 63.5 Å². The van der Waals surface area contributed by atoms with E-state index < -0.39 is 35.4 Å². The number of hydrogen-bond donors (Lipinski definition) is 2. The summed E-state index contributed by atoms with van der Waals surface area (Å²) in [6.07, 6.45) is 1.41. The van der Waals surface area contributed by atoms with Crippen LogP contribution in [0.3, 0.4) is 0 Å². The van der Waals surface area contributed by atoms with Crippen LogP contribution in [0.15, 0.2) is 36.4 Å². The second-order valence-electron chi connectivity index (χ2n) is 8.72. The number of carboxylic acids is 1. The van der Waals surface area contributed by atoms with E-state index >= 15 is 0 Å². The number of nitrogens with one attached hydrogen (secondary N) is 1. The Morgan fingerprint density at radius 3 is 2.50 bits per heavy atom. The standard InChI is InChI=1S/C26H24ClF2NO5S/c27-23-16-4-1-2-6-22(16)36-24(23)25(32)30-11-3-5-20(31)17-12-19(29)21(13-18(17)28)35-15-9-7-14(8-10-15)26(33)34/h1-2,4,6,12-15H,3,5,7-11H2,(H,30,32)(H,33,34). The molecule has 1 saturated carbocycles. The van der Waals surface area contributed by atoms with Crippen LogP contribution in [0.25, 0.3) is 10.1 Å². The summed E-state index contributed by atoms with van der Waals surface area (Å²) >= 11 is 7.58. The lowest BCUT2D eigenvalue weighted by atomic mass is 9.87. The first-order chi connectivity index (χ1) is 17.2. The van der Waals surface area contributed by atoms with Crippen LogP contribution in [0.2, 0.25) is 5.02 Å². The van der Waals surface area contributed by atoms with Crippen LogP contribution in [-0.2, 0) is 4.79 Å². The average molecular weight is 536 g/mol. The van der Waals surface area contributed by atoms with Crippen LogP contribution in [0.4, 0.5) is 8.78 Å². The third kappa shape index (κ3) is 5.84. The molecule has 0 saturated heterocycles. The van der Waals surface area contributed by atoms with Gasteiger partial charge in [0.15, 0.2) is 17.3 Å². The van der Waals surface area contributed by atoms with Crippen LogP contribution < -0.4 is 10.1 Å². The number of rotatable bonds is 9. The van der Waals surface area contributed by atoms with Gasteiger partial charge >= 0.3 is 5.97 Å². The summed E-state index contributed by atoms with van der Waals surface area (Å²) in [5.41, 5.74) is -0.381. The van der Waals surface area contributed by atoms with Gasteiger partial charge in [-0.05, 0) is 44.2 Å². The van der Waals surface area contributed by atoms with E-state index in [4.69, 9.17) is 21.4 Å². The van der Waals surface area contributed by atoms with Gasteiger partial charge in [-0.3, -0.25) is 14.4 Å². The minimum Gasteiger partial charge on any atom is -0.487 e. The minimum atomic E-state index is -0.892. The number of hydrogen-bond acceptors (Lipinski definition) is 5. The highest BCUT2D eigenvalue weighted by Crippen LogP contribution is 2.35. The summed E-state index contributed by atoms with van der Waals surface area (Å²) in [4.78, 5) is 36.4. The molecule has 0 bridgehead atoms. The number of halogens is 3. The maximum atomic E-state index is 14.6. The maximum absolute atomic E-state index is 14.6. The fourth-order valence-corrected chi connectivity index (χ4v) is 5.70. The summed E-state index contributed by atoms with van der Waals surface area (Å²) in [5, 5.41) is 12.9. The first-order valence-electron chi connectivity index (χ1n) is 11.6.